The molecule has 22 heavy (non-hydrogen) atoms. The van der Waals surface area contributed by atoms with Crippen LogP contribution in [0.25, 0.3) is 0 Å². The normalized spacial score (nSPS) is 23.9. The van der Waals surface area contributed by atoms with Crippen LogP contribution in [0.2, 0.25) is 0 Å². The summed E-state index contributed by atoms with van der Waals surface area (Å²) in [5.41, 5.74) is 7.69. The van der Waals surface area contributed by atoms with Crippen LogP contribution < -0.4 is 5.73 Å². The van der Waals surface area contributed by atoms with E-state index in [1.165, 1.54) is 5.56 Å². The molecule has 118 valence electrons. The van der Waals surface area contributed by atoms with Crippen molar-refractivity contribution < 1.29 is 14.3 Å². The van der Waals surface area contributed by atoms with Crippen molar-refractivity contribution in [3.8, 4) is 0 Å². The summed E-state index contributed by atoms with van der Waals surface area (Å²) in [4.78, 5) is 25.4. The monoisotopic (exact) mass is 302 g/mol. The zero-order valence-corrected chi connectivity index (χ0v) is 12.7. The van der Waals surface area contributed by atoms with Crippen molar-refractivity contribution in [2.24, 2.45) is 5.73 Å². The number of carbonyl (C=O) groups is 2. The topological polar surface area (TPSA) is 72.6 Å². The van der Waals surface area contributed by atoms with Crippen molar-refractivity contribution in [3.05, 3.63) is 35.4 Å². The Morgan fingerprint density at radius 3 is 2.86 bits per heavy atom. The van der Waals surface area contributed by atoms with Gasteiger partial charge in [0, 0.05) is 6.54 Å². The molecular formula is C17H22N2O3. The second-order valence-corrected chi connectivity index (χ2v) is 6.10. The number of nitrogens with two attached hydrogens (primary N) is 1. The zero-order chi connectivity index (χ0) is 15.5. The molecule has 1 aromatic rings. The van der Waals surface area contributed by atoms with Gasteiger partial charge in [-0.15, -0.1) is 0 Å². The standard InChI is InChI=1S/C17H22N2O3/c18-17(21)19-10-4-7-13(19)11-22-16(20)15-9-3-6-12-5-1-2-8-14(12)15/h1-2,5,8,13,15H,3-4,6-7,9-11H2,(H2,18,21)/t13-,15+/m0/s1. The van der Waals surface area contributed by atoms with Crippen LogP contribution in [0, 0.1) is 0 Å². The summed E-state index contributed by atoms with van der Waals surface area (Å²) >= 11 is 0. The first-order chi connectivity index (χ1) is 10.7. The summed E-state index contributed by atoms with van der Waals surface area (Å²) in [6, 6.07) is 7.58. The molecule has 2 N–H and O–H groups in total. The molecule has 1 aromatic carbocycles. The molecule has 0 aromatic heterocycles. The zero-order valence-electron chi connectivity index (χ0n) is 12.7. The number of primary amides is 1. The van der Waals surface area contributed by atoms with Crippen LogP contribution >= 0.6 is 0 Å². The van der Waals surface area contributed by atoms with Crippen molar-refractivity contribution in [3.63, 3.8) is 0 Å². The second-order valence-electron chi connectivity index (χ2n) is 6.10. The Labute approximate surface area is 130 Å². The number of urea groups is 1. The third-order valence-electron chi connectivity index (χ3n) is 4.73. The van der Waals surface area contributed by atoms with Gasteiger partial charge in [0.25, 0.3) is 0 Å². The van der Waals surface area contributed by atoms with Gasteiger partial charge in [-0.1, -0.05) is 24.3 Å². The number of ether oxygens (including phenoxy) is 1. The van der Waals surface area contributed by atoms with E-state index >= 15 is 0 Å². The lowest BCUT2D eigenvalue weighted by atomic mass is 9.83. The highest BCUT2D eigenvalue weighted by Crippen LogP contribution is 2.32. The maximum Gasteiger partial charge on any atom is 0.315 e. The van der Waals surface area contributed by atoms with E-state index in [1.807, 2.05) is 18.2 Å². The van der Waals surface area contributed by atoms with E-state index in [0.29, 0.717) is 6.54 Å². The summed E-state index contributed by atoms with van der Waals surface area (Å²) in [5, 5.41) is 0. The van der Waals surface area contributed by atoms with Crippen molar-refractivity contribution in [1.82, 2.24) is 4.90 Å². The second kappa shape index (κ2) is 6.38. The third kappa shape index (κ3) is 2.93. The van der Waals surface area contributed by atoms with E-state index in [9.17, 15) is 9.59 Å². The molecule has 2 amide bonds. The number of esters is 1. The highest BCUT2D eigenvalue weighted by molar-refractivity contribution is 5.79. The summed E-state index contributed by atoms with van der Waals surface area (Å²) in [6.45, 7) is 0.907. The molecule has 2 aliphatic rings. The third-order valence-corrected chi connectivity index (χ3v) is 4.73. The number of hydrogen-bond donors (Lipinski definition) is 1. The predicted molar refractivity (Wildman–Crippen MR) is 82.4 cm³/mol. The van der Waals surface area contributed by atoms with Gasteiger partial charge >= 0.3 is 12.0 Å². The largest absolute Gasteiger partial charge is 0.463 e. The molecule has 1 aliphatic heterocycles. The molecule has 3 rings (SSSR count). The van der Waals surface area contributed by atoms with Gasteiger partial charge in [-0.3, -0.25) is 4.79 Å². The fraction of sp³-hybridized carbons (Fsp3) is 0.529. The van der Waals surface area contributed by atoms with Crippen LogP contribution in [0.4, 0.5) is 4.79 Å². The number of benzene rings is 1. The van der Waals surface area contributed by atoms with Gasteiger partial charge in [-0.25, -0.2) is 4.79 Å². The van der Waals surface area contributed by atoms with Crippen molar-refractivity contribution in [2.75, 3.05) is 13.2 Å². The number of hydrogen-bond acceptors (Lipinski definition) is 3. The summed E-state index contributed by atoms with van der Waals surface area (Å²) < 4.78 is 5.51. The van der Waals surface area contributed by atoms with E-state index < -0.39 is 6.03 Å². The van der Waals surface area contributed by atoms with Gasteiger partial charge in [-0.05, 0) is 43.2 Å². The van der Waals surface area contributed by atoms with Crippen LogP contribution in [-0.4, -0.2) is 36.1 Å². The predicted octanol–water partition coefficient (Wildman–Crippen LogP) is 2.19. The van der Waals surface area contributed by atoms with E-state index in [0.717, 1.165) is 37.7 Å². The maximum atomic E-state index is 12.4. The van der Waals surface area contributed by atoms with Gasteiger partial charge in [0.05, 0.1) is 12.0 Å². The number of rotatable bonds is 3. The molecule has 1 heterocycles. The van der Waals surface area contributed by atoms with Crippen molar-refractivity contribution >= 4 is 12.0 Å². The van der Waals surface area contributed by atoms with E-state index in [1.54, 1.807) is 4.90 Å². The van der Waals surface area contributed by atoms with Gasteiger partial charge in [-0.2, -0.15) is 0 Å². The molecular weight excluding hydrogens is 280 g/mol. The average Bonchev–Trinajstić information content (AvgIpc) is 3.01. The molecule has 0 unspecified atom stereocenters. The molecule has 5 nitrogen and oxygen atoms in total. The minimum Gasteiger partial charge on any atom is -0.463 e. The first kappa shape index (κ1) is 14.9. The van der Waals surface area contributed by atoms with Crippen LogP contribution in [-0.2, 0) is 16.0 Å². The minimum atomic E-state index is -0.429. The molecule has 0 spiro atoms. The molecule has 2 atom stereocenters. The lowest BCUT2D eigenvalue weighted by Gasteiger charge is -2.26. The van der Waals surface area contributed by atoms with E-state index in [2.05, 4.69) is 6.07 Å². The van der Waals surface area contributed by atoms with E-state index in [4.69, 9.17) is 10.5 Å². The number of carbonyl (C=O) groups excluding carboxylic acids is 2. The lowest BCUT2D eigenvalue weighted by molar-refractivity contribution is -0.147. The Hall–Kier alpha value is -2.04. The van der Waals surface area contributed by atoms with Gasteiger partial charge < -0.3 is 15.4 Å². The molecule has 0 saturated carbocycles. The smallest absolute Gasteiger partial charge is 0.315 e. The highest BCUT2D eigenvalue weighted by atomic mass is 16.5. The fourth-order valence-electron chi connectivity index (χ4n) is 3.58. The number of amides is 2. The summed E-state index contributed by atoms with van der Waals surface area (Å²) in [7, 11) is 0. The molecule has 1 aliphatic carbocycles. The van der Waals surface area contributed by atoms with Crippen LogP contribution in [0.3, 0.4) is 0 Å². The average molecular weight is 302 g/mol. The Balaban J connectivity index is 1.62. The lowest BCUT2D eigenvalue weighted by Crippen LogP contribution is -2.42. The number of nitrogens with zero attached hydrogens (tertiary/aromatic N) is 1. The first-order valence-electron chi connectivity index (χ1n) is 7.97. The Bertz CT molecular complexity index is 573. The Morgan fingerprint density at radius 1 is 1.23 bits per heavy atom. The Morgan fingerprint density at radius 2 is 2.05 bits per heavy atom. The first-order valence-corrected chi connectivity index (χ1v) is 7.97. The maximum absolute atomic E-state index is 12.4. The van der Waals surface area contributed by atoms with Crippen LogP contribution in [0.5, 0.6) is 0 Å². The highest BCUT2D eigenvalue weighted by Gasteiger charge is 2.31. The number of aryl methyl sites for hydroxylation is 1. The number of fused-ring (bicyclic) bond motifs is 1. The molecule has 1 fully saturated rings. The summed E-state index contributed by atoms with van der Waals surface area (Å²) in [6.07, 6.45) is 4.63. The van der Waals surface area contributed by atoms with Crippen molar-refractivity contribution in [2.45, 2.75) is 44.1 Å². The molecule has 5 heteroatoms. The van der Waals surface area contributed by atoms with Crippen LogP contribution in [0.15, 0.2) is 24.3 Å². The van der Waals surface area contributed by atoms with E-state index in [-0.39, 0.29) is 24.5 Å². The Kier molecular flexibility index (Phi) is 4.32. The van der Waals surface area contributed by atoms with Crippen molar-refractivity contribution in [1.29, 1.82) is 0 Å². The molecule has 1 saturated heterocycles. The molecule has 0 bridgehead atoms. The fourth-order valence-corrected chi connectivity index (χ4v) is 3.58. The van der Waals surface area contributed by atoms with Crippen LogP contribution in [0.1, 0.15) is 42.7 Å². The quantitative estimate of drug-likeness (QED) is 0.870. The van der Waals surface area contributed by atoms with Gasteiger partial charge in [0.1, 0.15) is 6.61 Å². The minimum absolute atomic E-state index is 0.0692. The number of likely N-dealkylation sites (tertiary alicyclic amines) is 1. The van der Waals surface area contributed by atoms with Gasteiger partial charge in [0.15, 0.2) is 0 Å². The summed E-state index contributed by atoms with van der Waals surface area (Å²) in [5.74, 6) is -0.350. The van der Waals surface area contributed by atoms with Gasteiger partial charge in [0.2, 0.25) is 0 Å². The molecule has 0 radical (unpaired) electrons. The SMILES string of the molecule is NC(=O)N1CCC[C@H]1COC(=O)[C@@H]1CCCc2ccccc21.